The normalized spacial score (nSPS) is 11.1. The van der Waals surface area contributed by atoms with Crippen molar-refractivity contribution < 1.29 is 19.1 Å². The number of oxime groups is 1. The fourth-order valence-electron chi connectivity index (χ4n) is 1.12. The molecule has 1 aromatic rings. The molecule has 1 aromatic carbocycles. The van der Waals surface area contributed by atoms with Gasteiger partial charge in [0.05, 0.1) is 19.2 Å². The summed E-state index contributed by atoms with van der Waals surface area (Å²) in [6.07, 6.45) is -0.326. The second kappa shape index (κ2) is 5.69. The molecule has 0 atom stereocenters. The van der Waals surface area contributed by atoms with Crippen LogP contribution in [0.1, 0.15) is 6.42 Å². The van der Waals surface area contributed by atoms with Crippen LogP contribution in [-0.2, 0) is 4.79 Å². The quantitative estimate of drug-likeness (QED) is 0.316. The van der Waals surface area contributed by atoms with Gasteiger partial charge in [-0.2, -0.15) is 0 Å². The third-order valence-corrected chi connectivity index (χ3v) is 1.92. The molecule has 1 rings (SSSR count). The highest BCUT2D eigenvalue weighted by molar-refractivity contribution is 6.04. The Labute approximate surface area is 96.9 Å². The van der Waals surface area contributed by atoms with Crippen molar-refractivity contribution in [2.45, 2.75) is 6.42 Å². The van der Waals surface area contributed by atoms with E-state index in [0.717, 1.165) is 6.07 Å². The number of methoxy groups -OCH3 is 1. The first-order chi connectivity index (χ1) is 8.06. The van der Waals surface area contributed by atoms with Crippen LogP contribution in [0.4, 0.5) is 10.1 Å². The first kappa shape index (κ1) is 12.8. The number of amides is 1. The summed E-state index contributed by atoms with van der Waals surface area (Å²) in [6.45, 7) is 0. The van der Waals surface area contributed by atoms with Gasteiger partial charge in [-0.15, -0.1) is 0 Å². The highest BCUT2D eigenvalue weighted by atomic mass is 19.1. The summed E-state index contributed by atoms with van der Waals surface area (Å²) < 4.78 is 18.2. The van der Waals surface area contributed by atoms with Crippen LogP contribution in [0.5, 0.6) is 5.75 Å². The molecule has 0 saturated carbocycles. The average molecular weight is 241 g/mol. The average Bonchev–Trinajstić information content (AvgIpc) is 2.31. The molecule has 92 valence electrons. The van der Waals surface area contributed by atoms with Crippen LogP contribution in [0.25, 0.3) is 0 Å². The van der Waals surface area contributed by atoms with Crippen LogP contribution in [0.15, 0.2) is 23.4 Å². The Bertz CT molecular complexity index is 448. The second-order valence-corrected chi connectivity index (χ2v) is 3.16. The predicted molar refractivity (Wildman–Crippen MR) is 59.6 cm³/mol. The van der Waals surface area contributed by atoms with Crippen LogP contribution >= 0.6 is 0 Å². The smallest absolute Gasteiger partial charge is 0.232 e. The molecule has 0 heterocycles. The van der Waals surface area contributed by atoms with Gasteiger partial charge in [0.2, 0.25) is 5.91 Å². The van der Waals surface area contributed by atoms with E-state index < -0.39 is 11.7 Å². The number of carbonyl (C=O) groups is 1. The number of rotatable bonds is 4. The molecule has 0 saturated heterocycles. The number of nitrogens with one attached hydrogen (secondary N) is 1. The summed E-state index contributed by atoms with van der Waals surface area (Å²) in [7, 11) is 1.43. The Morgan fingerprint density at radius 3 is 2.94 bits per heavy atom. The van der Waals surface area contributed by atoms with Gasteiger partial charge in [-0.1, -0.05) is 5.16 Å². The van der Waals surface area contributed by atoms with Crippen molar-refractivity contribution in [1.29, 1.82) is 0 Å². The Hall–Kier alpha value is -2.31. The number of hydrogen-bond acceptors (Lipinski definition) is 4. The molecule has 0 spiro atoms. The Morgan fingerprint density at radius 1 is 1.65 bits per heavy atom. The summed E-state index contributed by atoms with van der Waals surface area (Å²) >= 11 is 0. The monoisotopic (exact) mass is 241 g/mol. The molecule has 0 bridgehead atoms. The number of carbonyl (C=O) groups excluding carboxylic acids is 1. The number of nitrogens with zero attached hydrogens (tertiary/aromatic N) is 1. The van der Waals surface area contributed by atoms with Gasteiger partial charge in [0, 0.05) is 6.07 Å². The summed E-state index contributed by atoms with van der Waals surface area (Å²) in [5, 5.41) is 13.2. The fraction of sp³-hybridized carbons (Fsp3) is 0.200. The van der Waals surface area contributed by atoms with Crippen molar-refractivity contribution in [3.05, 3.63) is 24.0 Å². The number of benzene rings is 1. The van der Waals surface area contributed by atoms with Gasteiger partial charge in [0.1, 0.15) is 17.4 Å². The molecule has 4 N–H and O–H groups in total. The minimum absolute atomic E-state index is 0.0277. The predicted octanol–water partition coefficient (Wildman–Crippen LogP) is 0.909. The van der Waals surface area contributed by atoms with E-state index in [2.05, 4.69) is 10.5 Å². The Kier molecular flexibility index (Phi) is 4.27. The number of ether oxygens (including phenoxy) is 1. The molecule has 0 radical (unpaired) electrons. The van der Waals surface area contributed by atoms with Gasteiger partial charge in [-0.05, 0) is 12.1 Å². The van der Waals surface area contributed by atoms with E-state index in [4.69, 9.17) is 15.7 Å². The van der Waals surface area contributed by atoms with Crippen molar-refractivity contribution in [2.75, 3.05) is 12.4 Å². The van der Waals surface area contributed by atoms with Crippen LogP contribution in [0, 0.1) is 5.82 Å². The molecule has 0 aliphatic heterocycles. The van der Waals surface area contributed by atoms with Gasteiger partial charge >= 0.3 is 0 Å². The van der Waals surface area contributed by atoms with Gasteiger partial charge < -0.3 is 21.0 Å². The zero-order chi connectivity index (χ0) is 12.8. The molecule has 0 aromatic heterocycles. The third-order valence-electron chi connectivity index (χ3n) is 1.92. The van der Waals surface area contributed by atoms with E-state index in [1.807, 2.05) is 0 Å². The molecule has 0 aliphatic carbocycles. The number of halogens is 1. The molecule has 17 heavy (non-hydrogen) atoms. The number of nitrogens with two attached hydrogens (primary N) is 1. The maximum Gasteiger partial charge on any atom is 0.232 e. The van der Waals surface area contributed by atoms with Crippen LogP contribution in [-0.4, -0.2) is 24.1 Å². The molecule has 6 nitrogen and oxygen atoms in total. The highest BCUT2D eigenvalue weighted by Gasteiger charge is 2.09. The summed E-state index contributed by atoms with van der Waals surface area (Å²) in [5.74, 6) is -1.04. The Balaban J connectivity index is 2.77. The zero-order valence-corrected chi connectivity index (χ0v) is 9.11. The molecule has 1 amide bonds. The maximum absolute atomic E-state index is 13.3. The lowest BCUT2D eigenvalue weighted by Gasteiger charge is -2.07. The zero-order valence-electron chi connectivity index (χ0n) is 9.11. The SMILES string of the molecule is COc1ccc(F)c(NC(=O)CC(N)=NO)c1. The molecule has 7 heteroatoms. The Morgan fingerprint density at radius 2 is 2.35 bits per heavy atom. The number of amidine groups is 1. The first-order valence-electron chi connectivity index (χ1n) is 4.66. The van der Waals surface area contributed by atoms with Crippen molar-refractivity contribution in [1.82, 2.24) is 0 Å². The third kappa shape index (κ3) is 3.63. The minimum Gasteiger partial charge on any atom is -0.497 e. The van der Waals surface area contributed by atoms with E-state index in [-0.39, 0.29) is 17.9 Å². The lowest BCUT2D eigenvalue weighted by molar-refractivity contribution is -0.115. The highest BCUT2D eigenvalue weighted by Crippen LogP contribution is 2.21. The van der Waals surface area contributed by atoms with Gasteiger partial charge in [0.15, 0.2) is 0 Å². The van der Waals surface area contributed by atoms with Gasteiger partial charge in [-0.25, -0.2) is 4.39 Å². The van der Waals surface area contributed by atoms with E-state index in [9.17, 15) is 9.18 Å². The van der Waals surface area contributed by atoms with E-state index in [1.165, 1.54) is 19.2 Å². The number of anilines is 1. The molecule has 0 unspecified atom stereocenters. The first-order valence-corrected chi connectivity index (χ1v) is 4.66. The van der Waals surface area contributed by atoms with E-state index in [0.29, 0.717) is 5.75 Å². The van der Waals surface area contributed by atoms with Crippen molar-refractivity contribution in [2.24, 2.45) is 10.9 Å². The largest absolute Gasteiger partial charge is 0.497 e. The standard InChI is InChI=1S/C10H12FN3O3/c1-17-6-2-3-7(11)8(4-6)13-10(15)5-9(12)14-16/h2-4,16H,5H2,1H3,(H2,12,14)(H,13,15). The molecular weight excluding hydrogens is 229 g/mol. The van der Waals surface area contributed by atoms with E-state index >= 15 is 0 Å². The van der Waals surface area contributed by atoms with E-state index in [1.54, 1.807) is 0 Å². The minimum atomic E-state index is -0.598. The summed E-state index contributed by atoms with van der Waals surface area (Å²) in [4.78, 5) is 11.3. The summed E-state index contributed by atoms with van der Waals surface area (Å²) in [5.41, 5.74) is 5.11. The molecule has 0 fully saturated rings. The summed E-state index contributed by atoms with van der Waals surface area (Å²) in [6, 6.07) is 3.92. The van der Waals surface area contributed by atoms with Crippen molar-refractivity contribution in [3.63, 3.8) is 0 Å². The van der Waals surface area contributed by atoms with Gasteiger partial charge in [0.25, 0.3) is 0 Å². The maximum atomic E-state index is 13.3. The van der Waals surface area contributed by atoms with Crippen molar-refractivity contribution >= 4 is 17.4 Å². The topological polar surface area (TPSA) is 96.9 Å². The van der Waals surface area contributed by atoms with Crippen LogP contribution < -0.4 is 15.8 Å². The van der Waals surface area contributed by atoms with Crippen LogP contribution in [0.2, 0.25) is 0 Å². The second-order valence-electron chi connectivity index (χ2n) is 3.16. The fourth-order valence-corrected chi connectivity index (χ4v) is 1.12. The van der Waals surface area contributed by atoms with Crippen molar-refractivity contribution in [3.8, 4) is 5.75 Å². The lowest BCUT2D eigenvalue weighted by atomic mass is 10.2. The number of hydrogen-bond donors (Lipinski definition) is 3. The lowest BCUT2D eigenvalue weighted by Crippen LogP contribution is -2.22. The van der Waals surface area contributed by atoms with Crippen LogP contribution in [0.3, 0.4) is 0 Å². The van der Waals surface area contributed by atoms with Gasteiger partial charge in [-0.3, -0.25) is 4.79 Å². The molecular formula is C10H12FN3O3. The molecule has 0 aliphatic rings.